The highest BCUT2D eigenvalue weighted by Crippen LogP contribution is 2.25. The van der Waals surface area contributed by atoms with Crippen LogP contribution in [0.25, 0.3) is 0 Å². The molecule has 1 aliphatic heterocycles. The second kappa shape index (κ2) is 2.77. The Bertz CT molecular complexity index is 242. The highest BCUT2D eigenvalue weighted by atomic mass is 32.2. The first kappa shape index (κ1) is 7.03. The maximum atomic E-state index is 5.53. The SMILES string of the molecule is Nc1cnn(CC2CSC2)c1. The fourth-order valence-corrected chi connectivity index (χ4v) is 1.91. The summed E-state index contributed by atoms with van der Waals surface area (Å²) in [6.45, 7) is 1.03. The molecule has 2 rings (SSSR count). The van der Waals surface area contributed by atoms with Gasteiger partial charge < -0.3 is 5.73 Å². The molecule has 0 spiro atoms. The molecule has 0 bridgehead atoms. The fourth-order valence-electron chi connectivity index (χ4n) is 1.13. The van der Waals surface area contributed by atoms with E-state index in [4.69, 9.17) is 5.73 Å². The molecule has 0 amide bonds. The van der Waals surface area contributed by atoms with E-state index in [1.54, 1.807) is 6.20 Å². The molecule has 0 aliphatic carbocycles. The van der Waals surface area contributed by atoms with Gasteiger partial charge >= 0.3 is 0 Å². The molecular formula is C7H11N3S. The molecule has 0 unspecified atom stereocenters. The molecule has 1 aromatic rings. The van der Waals surface area contributed by atoms with E-state index in [9.17, 15) is 0 Å². The van der Waals surface area contributed by atoms with Crippen LogP contribution in [0.2, 0.25) is 0 Å². The summed E-state index contributed by atoms with van der Waals surface area (Å²) in [5.41, 5.74) is 6.29. The van der Waals surface area contributed by atoms with E-state index in [-0.39, 0.29) is 0 Å². The third kappa shape index (κ3) is 1.50. The Balaban J connectivity index is 1.95. The number of nitrogen functional groups attached to an aromatic ring is 1. The molecule has 1 saturated heterocycles. The number of aromatic nitrogens is 2. The van der Waals surface area contributed by atoms with Crippen LogP contribution in [0.1, 0.15) is 0 Å². The topological polar surface area (TPSA) is 43.8 Å². The lowest BCUT2D eigenvalue weighted by Crippen LogP contribution is -2.23. The van der Waals surface area contributed by atoms with E-state index < -0.39 is 0 Å². The molecule has 1 aromatic heterocycles. The maximum Gasteiger partial charge on any atom is 0.0719 e. The minimum Gasteiger partial charge on any atom is -0.396 e. The Kier molecular flexibility index (Phi) is 1.77. The second-order valence-corrected chi connectivity index (χ2v) is 3.97. The minimum absolute atomic E-state index is 0.761. The van der Waals surface area contributed by atoms with Gasteiger partial charge in [-0.05, 0) is 17.4 Å². The van der Waals surface area contributed by atoms with Crippen molar-refractivity contribution in [3.63, 3.8) is 0 Å². The number of nitrogens with two attached hydrogens (primary N) is 1. The van der Waals surface area contributed by atoms with E-state index in [1.807, 2.05) is 22.6 Å². The van der Waals surface area contributed by atoms with E-state index >= 15 is 0 Å². The van der Waals surface area contributed by atoms with Crippen molar-refractivity contribution in [2.24, 2.45) is 5.92 Å². The number of hydrogen-bond donors (Lipinski definition) is 1. The van der Waals surface area contributed by atoms with Crippen molar-refractivity contribution in [2.75, 3.05) is 17.2 Å². The van der Waals surface area contributed by atoms with Gasteiger partial charge in [-0.15, -0.1) is 0 Å². The minimum atomic E-state index is 0.761. The van der Waals surface area contributed by atoms with Crippen molar-refractivity contribution < 1.29 is 0 Å². The molecule has 2 heterocycles. The van der Waals surface area contributed by atoms with Crippen LogP contribution < -0.4 is 5.73 Å². The molecule has 11 heavy (non-hydrogen) atoms. The van der Waals surface area contributed by atoms with Crippen LogP contribution in [0.3, 0.4) is 0 Å². The van der Waals surface area contributed by atoms with Gasteiger partial charge in [0, 0.05) is 12.7 Å². The summed E-state index contributed by atoms with van der Waals surface area (Å²) in [6.07, 6.45) is 3.59. The third-order valence-corrected chi connectivity index (χ3v) is 3.22. The van der Waals surface area contributed by atoms with E-state index in [0.29, 0.717) is 0 Å². The molecule has 0 aromatic carbocycles. The van der Waals surface area contributed by atoms with Crippen LogP contribution in [0.15, 0.2) is 12.4 Å². The fraction of sp³-hybridized carbons (Fsp3) is 0.571. The normalized spacial score (nSPS) is 18.2. The van der Waals surface area contributed by atoms with Gasteiger partial charge in [-0.3, -0.25) is 4.68 Å². The van der Waals surface area contributed by atoms with Crippen molar-refractivity contribution in [3.8, 4) is 0 Å². The Labute approximate surface area is 70.0 Å². The summed E-state index contributed by atoms with van der Waals surface area (Å²) < 4.78 is 1.93. The summed E-state index contributed by atoms with van der Waals surface area (Å²) >= 11 is 2.00. The first-order valence-corrected chi connectivity index (χ1v) is 4.86. The lowest BCUT2D eigenvalue weighted by molar-refractivity contribution is 0.479. The highest BCUT2D eigenvalue weighted by Gasteiger charge is 2.18. The van der Waals surface area contributed by atoms with E-state index in [1.165, 1.54) is 11.5 Å². The quantitative estimate of drug-likeness (QED) is 0.713. The van der Waals surface area contributed by atoms with Gasteiger partial charge in [-0.1, -0.05) is 0 Å². The number of thioether (sulfide) groups is 1. The average molecular weight is 169 g/mol. The lowest BCUT2D eigenvalue weighted by Gasteiger charge is -2.24. The number of nitrogens with zero attached hydrogens (tertiary/aromatic N) is 2. The number of anilines is 1. The maximum absolute atomic E-state index is 5.53. The number of hydrogen-bond acceptors (Lipinski definition) is 3. The molecule has 1 aliphatic rings. The highest BCUT2D eigenvalue weighted by molar-refractivity contribution is 8.00. The molecule has 0 radical (unpaired) electrons. The van der Waals surface area contributed by atoms with Gasteiger partial charge in [-0.2, -0.15) is 16.9 Å². The standard InChI is InChI=1S/C7H11N3S/c8-7-1-9-10(3-7)2-6-4-11-5-6/h1,3,6H,2,4-5,8H2. The number of rotatable bonds is 2. The zero-order valence-electron chi connectivity index (χ0n) is 6.23. The zero-order chi connectivity index (χ0) is 7.68. The Morgan fingerprint density at radius 1 is 1.73 bits per heavy atom. The summed E-state index contributed by atoms with van der Waals surface area (Å²) in [6, 6.07) is 0. The molecule has 2 N–H and O–H groups in total. The van der Waals surface area contributed by atoms with E-state index in [2.05, 4.69) is 5.10 Å². The molecular weight excluding hydrogens is 158 g/mol. The van der Waals surface area contributed by atoms with Crippen molar-refractivity contribution in [3.05, 3.63) is 12.4 Å². The van der Waals surface area contributed by atoms with Crippen LogP contribution in [0.4, 0.5) is 5.69 Å². The Morgan fingerprint density at radius 2 is 2.55 bits per heavy atom. The molecule has 0 atom stereocenters. The Hall–Kier alpha value is -0.640. The molecule has 60 valence electrons. The molecule has 1 fully saturated rings. The second-order valence-electron chi connectivity index (χ2n) is 2.90. The van der Waals surface area contributed by atoms with Gasteiger partial charge in [-0.25, -0.2) is 0 Å². The van der Waals surface area contributed by atoms with Gasteiger partial charge in [0.2, 0.25) is 0 Å². The Morgan fingerprint density at radius 3 is 3.00 bits per heavy atom. The largest absolute Gasteiger partial charge is 0.396 e. The first-order chi connectivity index (χ1) is 5.34. The lowest BCUT2D eigenvalue weighted by atomic mass is 10.2. The van der Waals surface area contributed by atoms with Crippen LogP contribution in [-0.4, -0.2) is 21.3 Å². The zero-order valence-corrected chi connectivity index (χ0v) is 7.05. The van der Waals surface area contributed by atoms with E-state index in [0.717, 1.165) is 18.2 Å². The van der Waals surface area contributed by atoms with Gasteiger partial charge in [0.05, 0.1) is 11.9 Å². The summed E-state index contributed by atoms with van der Waals surface area (Å²) in [5.74, 6) is 3.37. The summed E-state index contributed by atoms with van der Waals surface area (Å²) in [5, 5.41) is 4.12. The van der Waals surface area contributed by atoms with Crippen LogP contribution in [-0.2, 0) is 6.54 Å². The summed E-state index contributed by atoms with van der Waals surface area (Å²) in [4.78, 5) is 0. The van der Waals surface area contributed by atoms with Gasteiger partial charge in [0.15, 0.2) is 0 Å². The third-order valence-electron chi connectivity index (χ3n) is 1.81. The first-order valence-electron chi connectivity index (χ1n) is 3.70. The van der Waals surface area contributed by atoms with Crippen molar-refractivity contribution in [1.29, 1.82) is 0 Å². The van der Waals surface area contributed by atoms with Crippen molar-refractivity contribution in [2.45, 2.75) is 6.54 Å². The smallest absolute Gasteiger partial charge is 0.0719 e. The van der Waals surface area contributed by atoms with Crippen molar-refractivity contribution >= 4 is 17.4 Å². The average Bonchev–Trinajstić information content (AvgIpc) is 2.27. The van der Waals surface area contributed by atoms with Crippen LogP contribution in [0, 0.1) is 5.92 Å². The monoisotopic (exact) mass is 169 g/mol. The van der Waals surface area contributed by atoms with Gasteiger partial charge in [0.1, 0.15) is 0 Å². The molecule has 4 heteroatoms. The molecule has 0 saturated carbocycles. The predicted octanol–water partition coefficient (Wildman–Crippen LogP) is 0.828. The van der Waals surface area contributed by atoms with Gasteiger partial charge in [0.25, 0.3) is 0 Å². The predicted molar refractivity (Wildman–Crippen MR) is 47.5 cm³/mol. The molecule has 3 nitrogen and oxygen atoms in total. The van der Waals surface area contributed by atoms with Crippen molar-refractivity contribution in [1.82, 2.24) is 9.78 Å². The van der Waals surface area contributed by atoms with Crippen LogP contribution >= 0.6 is 11.8 Å². The summed E-state index contributed by atoms with van der Waals surface area (Å²) in [7, 11) is 0. The van der Waals surface area contributed by atoms with Crippen LogP contribution in [0.5, 0.6) is 0 Å².